The fourth-order valence-corrected chi connectivity index (χ4v) is 5.18. The summed E-state index contributed by atoms with van der Waals surface area (Å²) in [5.74, 6) is -0.145. The number of nitrogens with zero attached hydrogens (tertiary/aromatic N) is 3. The second-order valence-corrected chi connectivity index (χ2v) is 8.68. The minimum Gasteiger partial charge on any atom is -0.378 e. The van der Waals surface area contributed by atoms with Crippen LogP contribution in [-0.2, 0) is 14.9 Å². The molecule has 2 atom stereocenters. The Bertz CT molecular complexity index is 891. The number of ether oxygens (including phenoxy) is 1. The number of benzene rings is 1. The number of aromatic nitrogens is 2. The highest BCUT2D eigenvalue weighted by Gasteiger charge is 2.54. The van der Waals surface area contributed by atoms with E-state index in [0.717, 1.165) is 30.1 Å². The van der Waals surface area contributed by atoms with Crippen molar-refractivity contribution in [2.24, 2.45) is 5.92 Å². The summed E-state index contributed by atoms with van der Waals surface area (Å²) in [6, 6.07) is 8.09. The van der Waals surface area contributed by atoms with Crippen LogP contribution in [0, 0.1) is 5.92 Å². The summed E-state index contributed by atoms with van der Waals surface area (Å²) in [5.41, 5.74) is 2.53. The Labute approximate surface area is 174 Å². The number of likely N-dealkylation sites (tertiary alicyclic amines) is 1. The van der Waals surface area contributed by atoms with Gasteiger partial charge in [0, 0.05) is 31.5 Å². The molecule has 0 unspecified atom stereocenters. The minimum absolute atomic E-state index is 0.0209. The molecule has 2 aliphatic rings. The van der Waals surface area contributed by atoms with Crippen molar-refractivity contribution < 1.29 is 14.3 Å². The highest BCUT2D eigenvalue weighted by molar-refractivity contribution is 6.99. The first kappa shape index (κ1) is 20.0. The molecule has 1 N–H and O–H groups in total. The summed E-state index contributed by atoms with van der Waals surface area (Å²) in [6.07, 6.45) is 2.91. The smallest absolute Gasteiger partial charge is 0.275 e. The van der Waals surface area contributed by atoms with E-state index in [9.17, 15) is 9.59 Å². The number of fused-ring (bicyclic) bond motifs is 2. The molecule has 2 aromatic rings. The lowest BCUT2D eigenvalue weighted by Crippen LogP contribution is -2.52. The average Bonchev–Trinajstić information content (AvgIpc) is 3.35. The van der Waals surface area contributed by atoms with E-state index in [2.05, 4.69) is 26.2 Å². The Morgan fingerprint density at radius 3 is 2.62 bits per heavy atom. The lowest BCUT2D eigenvalue weighted by Gasteiger charge is -2.44. The summed E-state index contributed by atoms with van der Waals surface area (Å²) in [7, 11) is 1.71. The molecule has 29 heavy (non-hydrogen) atoms. The van der Waals surface area contributed by atoms with Crippen molar-refractivity contribution in [2.75, 3.05) is 20.2 Å². The van der Waals surface area contributed by atoms with Crippen LogP contribution >= 0.6 is 11.7 Å². The molecule has 8 heteroatoms. The van der Waals surface area contributed by atoms with Gasteiger partial charge in [-0.05, 0) is 24.0 Å². The standard InChI is InChI=1S/C21H26N4O3S/c1-13(2)19(26)23-17-14-6-4-5-7-15(14)21(18(17)28-3)8-10-25(11-9-21)20(27)16-12-22-29-24-16/h4-7,12-13,17-18H,8-11H2,1-3H3,(H,23,26)/t17-,18+/m1/s1. The van der Waals surface area contributed by atoms with Crippen LogP contribution in [0.3, 0.4) is 0 Å². The lowest BCUT2D eigenvalue weighted by atomic mass is 9.71. The topological polar surface area (TPSA) is 84.4 Å². The van der Waals surface area contributed by atoms with Gasteiger partial charge in [0.25, 0.3) is 5.91 Å². The van der Waals surface area contributed by atoms with Crippen LogP contribution in [0.4, 0.5) is 0 Å². The lowest BCUT2D eigenvalue weighted by molar-refractivity contribution is -0.126. The quantitative estimate of drug-likeness (QED) is 0.831. The Balaban J connectivity index is 1.61. The van der Waals surface area contributed by atoms with Crippen LogP contribution in [-0.4, -0.2) is 51.8 Å². The van der Waals surface area contributed by atoms with Crippen LogP contribution in [0.15, 0.2) is 30.5 Å². The zero-order chi connectivity index (χ0) is 20.6. The first-order chi connectivity index (χ1) is 14.0. The number of hydrogen-bond acceptors (Lipinski definition) is 6. The molecule has 154 valence electrons. The third-order valence-corrected chi connectivity index (χ3v) is 6.76. The maximum absolute atomic E-state index is 12.7. The summed E-state index contributed by atoms with van der Waals surface area (Å²) in [6.45, 7) is 5.03. The third-order valence-electron chi connectivity index (χ3n) is 6.28. The van der Waals surface area contributed by atoms with Crippen molar-refractivity contribution in [2.45, 2.75) is 44.2 Å². The van der Waals surface area contributed by atoms with Gasteiger partial charge in [-0.25, -0.2) is 0 Å². The molecule has 1 aliphatic carbocycles. The zero-order valence-corrected chi connectivity index (χ0v) is 17.7. The predicted octanol–water partition coefficient (Wildman–Crippen LogP) is 2.55. The van der Waals surface area contributed by atoms with E-state index >= 15 is 0 Å². The van der Waals surface area contributed by atoms with Gasteiger partial charge in [0.15, 0.2) is 5.69 Å². The molecule has 7 nitrogen and oxygen atoms in total. The van der Waals surface area contributed by atoms with Gasteiger partial charge >= 0.3 is 0 Å². The summed E-state index contributed by atoms with van der Waals surface area (Å²) in [5, 5.41) is 3.20. The number of hydrogen-bond donors (Lipinski definition) is 1. The minimum atomic E-state index is -0.225. The van der Waals surface area contributed by atoms with Crippen molar-refractivity contribution in [3.8, 4) is 0 Å². The van der Waals surface area contributed by atoms with Crippen LogP contribution < -0.4 is 5.32 Å². The number of carbonyl (C=O) groups is 2. The number of nitrogens with one attached hydrogen (secondary N) is 1. The van der Waals surface area contributed by atoms with E-state index in [0.29, 0.717) is 18.8 Å². The van der Waals surface area contributed by atoms with Crippen molar-refractivity contribution in [1.82, 2.24) is 19.0 Å². The van der Waals surface area contributed by atoms with Crippen molar-refractivity contribution in [1.29, 1.82) is 0 Å². The predicted molar refractivity (Wildman–Crippen MR) is 110 cm³/mol. The Kier molecular flexibility index (Phi) is 5.40. The van der Waals surface area contributed by atoms with Gasteiger partial charge in [0.2, 0.25) is 5.91 Å². The van der Waals surface area contributed by atoms with Gasteiger partial charge in [-0.2, -0.15) is 8.75 Å². The summed E-state index contributed by atoms with van der Waals surface area (Å²) >= 11 is 1.05. The fourth-order valence-electron chi connectivity index (χ4n) is 4.78. The highest BCUT2D eigenvalue weighted by Crippen LogP contribution is 2.52. The number of methoxy groups -OCH3 is 1. The van der Waals surface area contributed by atoms with E-state index in [4.69, 9.17) is 4.74 Å². The van der Waals surface area contributed by atoms with Crippen LogP contribution in [0.2, 0.25) is 0 Å². The average molecular weight is 415 g/mol. The maximum Gasteiger partial charge on any atom is 0.275 e. The molecule has 2 amide bonds. The van der Waals surface area contributed by atoms with Crippen LogP contribution in [0.1, 0.15) is 54.3 Å². The first-order valence-electron chi connectivity index (χ1n) is 9.97. The number of piperidine rings is 1. The molecule has 0 bridgehead atoms. The molecule has 2 heterocycles. The van der Waals surface area contributed by atoms with E-state index < -0.39 is 0 Å². The van der Waals surface area contributed by atoms with E-state index in [-0.39, 0.29) is 35.3 Å². The van der Waals surface area contributed by atoms with Gasteiger partial charge in [-0.1, -0.05) is 38.1 Å². The Hall–Kier alpha value is -2.32. The van der Waals surface area contributed by atoms with Gasteiger partial charge in [0.05, 0.1) is 30.1 Å². The normalized spacial score (nSPS) is 22.7. The highest BCUT2D eigenvalue weighted by atomic mass is 32.1. The van der Waals surface area contributed by atoms with Crippen molar-refractivity contribution in [3.05, 3.63) is 47.3 Å². The fraction of sp³-hybridized carbons (Fsp3) is 0.524. The SMILES string of the molecule is CO[C@H]1[C@H](NC(=O)C(C)C)c2ccccc2C12CCN(C(=O)c1cnsn1)CC2. The molecule has 0 saturated carbocycles. The molecule has 4 rings (SSSR count). The number of amides is 2. The Morgan fingerprint density at radius 1 is 1.28 bits per heavy atom. The summed E-state index contributed by atoms with van der Waals surface area (Å²) in [4.78, 5) is 27.0. The van der Waals surface area contributed by atoms with Crippen LogP contribution in [0.5, 0.6) is 0 Å². The van der Waals surface area contributed by atoms with Gasteiger partial charge in [-0.3, -0.25) is 9.59 Å². The largest absolute Gasteiger partial charge is 0.378 e. The second kappa shape index (κ2) is 7.84. The van der Waals surface area contributed by atoms with Gasteiger partial charge in [-0.15, -0.1) is 0 Å². The van der Waals surface area contributed by atoms with Crippen molar-refractivity contribution in [3.63, 3.8) is 0 Å². The van der Waals surface area contributed by atoms with E-state index in [1.54, 1.807) is 7.11 Å². The monoisotopic (exact) mass is 414 g/mol. The van der Waals surface area contributed by atoms with Crippen molar-refractivity contribution >= 4 is 23.5 Å². The molecule has 1 saturated heterocycles. The van der Waals surface area contributed by atoms with E-state index in [1.807, 2.05) is 30.9 Å². The number of rotatable bonds is 4. The van der Waals surface area contributed by atoms with E-state index in [1.165, 1.54) is 11.8 Å². The molecule has 1 fully saturated rings. The molecular formula is C21H26N4O3S. The first-order valence-corrected chi connectivity index (χ1v) is 10.7. The molecule has 1 spiro atoms. The molecule has 1 aromatic heterocycles. The molecule has 1 aliphatic heterocycles. The third kappa shape index (κ3) is 3.34. The maximum atomic E-state index is 12.7. The Morgan fingerprint density at radius 2 is 2.00 bits per heavy atom. The zero-order valence-electron chi connectivity index (χ0n) is 16.9. The van der Waals surface area contributed by atoms with Crippen LogP contribution in [0.25, 0.3) is 0 Å². The van der Waals surface area contributed by atoms with Gasteiger partial charge in [0.1, 0.15) is 0 Å². The molecule has 0 radical (unpaired) electrons. The molecule has 1 aromatic carbocycles. The molecular weight excluding hydrogens is 388 g/mol. The second-order valence-electron chi connectivity index (χ2n) is 8.13. The van der Waals surface area contributed by atoms with Gasteiger partial charge < -0.3 is 15.0 Å². The summed E-state index contributed by atoms with van der Waals surface area (Å²) < 4.78 is 14.0. The number of carbonyl (C=O) groups excluding carboxylic acids is 2.